The maximum atomic E-state index is 4.19. The van der Waals surface area contributed by atoms with Crippen LogP contribution in [0.3, 0.4) is 0 Å². The van der Waals surface area contributed by atoms with Gasteiger partial charge in [-0.3, -0.25) is 0 Å². The van der Waals surface area contributed by atoms with Gasteiger partial charge in [0.2, 0.25) is 0 Å². The molecule has 0 saturated heterocycles. The Morgan fingerprint density at radius 1 is 1.36 bits per heavy atom. The van der Waals surface area contributed by atoms with E-state index < -0.39 is 0 Å². The van der Waals surface area contributed by atoms with Crippen LogP contribution in [0.4, 0.5) is 0 Å². The Morgan fingerprint density at radius 3 is 2.82 bits per heavy atom. The Balaban J connectivity index is 2.14. The van der Waals surface area contributed by atoms with Crippen molar-refractivity contribution < 1.29 is 0 Å². The Morgan fingerprint density at radius 2 is 2.18 bits per heavy atom. The van der Waals surface area contributed by atoms with Crippen molar-refractivity contribution in [1.82, 2.24) is 9.55 Å². The molecule has 0 fully saturated rings. The van der Waals surface area contributed by atoms with Crippen LogP contribution in [0, 0.1) is 0 Å². The van der Waals surface area contributed by atoms with E-state index in [1.807, 2.05) is 36.1 Å². The van der Waals surface area contributed by atoms with Crippen LogP contribution in [0.2, 0.25) is 0 Å². The number of hydrogen-bond acceptors (Lipinski definition) is 2. The van der Waals surface area contributed by atoms with Gasteiger partial charge in [-0.2, -0.15) is 0 Å². The summed E-state index contributed by atoms with van der Waals surface area (Å²) >= 11 is 1.69. The van der Waals surface area contributed by atoms with Crippen LogP contribution in [0.5, 0.6) is 0 Å². The van der Waals surface area contributed by atoms with Gasteiger partial charge in [-0.25, -0.2) is 4.98 Å². The van der Waals surface area contributed by atoms with Crippen molar-refractivity contribution in [2.75, 3.05) is 0 Å². The third-order valence-electron chi connectivity index (χ3n) is 1.47. The normalized spacial score (nSPS) is 10.2. The maximum absolute atomic E-state index is 4.19. The zero-order chi connectivity index (χ0) is 7.52. The highest BCUT2D eigenvalue weighted by atomic mass is 32.1. The van der Waals surface area contributed by atoms with Gasteiger partial charge >= 0.3 is 0 Å². The molecule has 11 heavy (non-hydrogen) atoms. The van der Waals surface area contributed by atoms with Crippen LogP contribution >= 0.6 is 11.3 Å². The minimum Gasteiger partial charge on any atom is -0.347 e. The highest BCUT2D eigenvalue weighted by molar-refractivity contribution is 7.09. The Kier molecular flexibility index (Phi) is 1.73. The van der Waals surface area contributed by atoms with E-state index in [-0.39, 0.29) is 0 Å². The monoisotopic (exact) mass is 164 g/mol. The molecule has 0 N–H and O–H groups in total. The molecule has 0 atom stereocenters. The molecule has 0 unspecified atom stereocenters. The number of thiazole rings is 1. The quantitative estimate of drug-likeness (QED) is 0.663. The Labute approximate surface area is 69.1 Å². The SMILES string of the molecule is c1ccn(Cc2nccs2)c1. The number of aromatic nitrogens is 2. The van der Waals surface area contributed by atoms with Gasteiger partial charge in [-0.1, -0.05) is 0 Å². The minimum atomic E-state index is 0.894. The standard InChI is InChI=1S/C8H8N2S/c1-2-5-10(4-1)7-8-9-3-6-11-8/h1-6H,7H2. The van der Waals surface area contributed by atoms with Crippen LogP contribution in [-0.4, -0.2) is 9.55 Å². The average Bonchev–Trinajstić information content (AvgIpc) is 2.60. The van der Waals surface area contributed by atoms with E-state index in [0.29, 0.717) is 0 Å². The average molecular weight is 164 g/mol. The molecule has 2 aromatic heterocycles. The minimum absolute atomic E-state index is 0.894. The molecule has 3 heteroatoms. The summed E-state index contributed by atoms with van der Waals surface area (Å²) in [4.78, 5) is 4.19. The first-order chi connectivity index (χ1) is 5.45. The fourth-order valence-corrected chi connectivity index (χ4v) is 1.59. The second-order valence-corrected chi connectivity index (χ2v) is 3.26. The summed E-state index contributed by atoms with van der Waals surface area (Å²) < 4.78 is 2.11. The molecule has 0 aliphatic carbocycles. The lowest BCUT2D eigenvalue weighted by atomic mass is 10.6. The zero-order valence-electron chi connectivity index (χ0n) is 5.97. The number of rotatable bonds is 2. The zero-order valence-corrected chi connectivity index (χ0v) is 6.79. The molecule has 0 saturated carbocycles. The van der Waals surface area contributed by atoms with E-state index in [4.69, 9.17) is 0 Å². The molecule has 0 aromatic carbocycles. The molecule has 2 heterocycles. The first-order valence-corrected chi connectivity index (χ1v) is 4.32. The second kappa shape index (κ2) is 2.88. The fraction of sp³-hybridized carbons (Fsp3) is 0.125. The molecule has 2 nitrogen and oxygen atoms in total. The van der Waals surface area contributed by atoms with Crippen molar-refractivity contribution in [3.63, 3.8) is 0 Å². The largest absolute Gasteiger partial charge is 0.347 e. The lowest BCUT2D eigenvalue weighted by Gasteiger charge is -1.96. The summed E-state index contributed by atoms with van der Waals surface area (Å²) in [6.07, 6.45) is 5.92. The van der Waals surface area contributed by atoms with Crippen molar-refractivity contribution in [2.45, 2.75) is 6.54 Å². The summed E-state index contributed by atoms with van der Waals surface area (Å²) in [5.74, 6) is 0. The predicted molar refractivity (Wildman–Crippen MR) is 45.6 cm³/mol. The van der Waals surface area contributed by atoms with Crippen LogP contribution in [0.1, 0.15) is 5.01 Å². The molecule has 2 rings (SSSR count). The molecule has 0 radical (unpaired) electrons. The second-order valence-electron chi connectivity index (χ2n) is 2.28. The van der Waals surface area contributed by atoms with Crippen LogP contribution in [0.25, 0.3) is 0 Å². The van der Waals surface area contributed by atoms with Gasteiger partial charge in [0, 0.05) is 24.0 Å². The summed E-state index contributed by atoms with van der Waals surface area (Å²) in [5, 5.41) is 3.15. The van der Waals surface area contributed by atoms with Crippen molar-refractivity contribution in [3.05, 3.63) is 41.1 Å². The van der Waals surface area contributed by atoms with E-state index in [1.165, 1.54) is 0 Å². The maximum Gasteiger partial charge on any atom is 0.112 e. The molecule has 0 aliphatic rings. The first kappa shape index (κ1) is 6.61. The highest BCUT2D eigenvalue weighted by Gasteiger charge is 1.93. The van der Waals surface area contributed by atoms with Gasteiger partial charge in [0.15, 0.2) is 0 Å². The van der Waals surface area contributed by atoms with Crippen molar-refractivity contribution >= 4 is 11.3 Å². The van der Waals surface area contributed by atoms with Crippen LogP contribution in [0.15, 0.2) is 36.1 Å². The summed E-state index contributed by atoms with van der Waals surface area (Å²) in [7, 11) is 0. The molecule has 56 valence electrons. The number of nitrogens with zero attached hydrogens (tertiary/aromatic N) is 2. The van der Waals surface area contributed by atoms with E-state index in [1.54, 1.807) is 11.3 Å². The fourth-order valence-electron chi connectivity index (χ4n) is 0.963. The first-order valence-electron chi connectivity index (χ1n) is 3.44. The Hall–Kier alpha value is -1.09. The van der Waals surface area contributed by atoms with E-state index in [0.717, 1.165) is 11.6 Å². The van der Waals surface area contributed by atoms with Gasteiger partial charge in [0.1, 0.15) is 5.01 Å². The molecular weight excluding hydrogens is 156 g/mol. The van der Waals surface area contributed by atoms with Crippen molar-refractivity contribution in [3.8, 4) is 0 Å². The topological polar surface area (TPSA) is 17.8 Å². The van der Waals surface area contributed by atoms with Crippen LogP contribution in [-0.2, 0) is 6.54 Å². The molecule has 0 amide bonds. The summed E-state index contributed by atoms with van der Waals surface area (Å²) in [5.41, 5.74) is 0. The van der Waals surface area contributed by atoms with Crippen LogP contribution < -0.4 is 0 Å². The predicted octanol–water partition coefficient (Wildman–Crippen LogP) is 1.99. The van der Waals surface area contributed by atoms with E-state index in [9.17, 15) is 0 Å². The lowest BCUT2D eigenvalue weighted by Crippen LogP contribution is -1.94. The lowest BCUT2D eigenvalue weighted by molar-refractivity contribution is 0.799. The van der Waals surface area contributed by atoms with Crippen molar-refractivity contribution in [2.24, 2.45) is 0 Å². The van der Waals surface area contributed by atoms with Gasteiger partial charge < -0.3 is 4.57 Å². The highest BCUT2D eigenvalue weighted by Crippen LogP contribution is 2.05. The van der Waals surface area contributed by atoms with Gasteiger partial charge in [0.05, 0.1) is 6.54 Å². The molecule has 0 aliphatic heterocycles. The Bertz CT molecular complexity index is 264. The van der Waals surface area contributed by atoms with Crippen molar-refractivity contribution in [1.29, 1.82) is 0 Å². The van der Waals surface area contributed by atoms with Gasteiger partial charge in [-0.05, 0) is 12.1 Å². The molecule has 0 bridgehead atoms. The third kappa shape index (κ3) is 1.49. The van der Waals surface area contributed by atoms with Gasteiger partial charge in [0.25, 0.3) is 0 Å². The van der Waals surface area contributed by atoms with E-state index >= 15 is 0 Å². The number of hydrogen-bond donors (Lipinski definition) is 0. The third-order valence-corrected chi connectivity index (χ3v) is 2.23. The molecular formula is C8H8N2S. The molecule has 2 aromatic rings. The summed E-state index contributed by atoms with van der Waals surface area (Å²) in [6.45, 7) is 0.894. The van der Waals surface area contributed by atoms with E-state index in [2.05, 4.69) is 9.55 Å². The molecule has 0 spiro atoms. The van der Waals surface area contributed by atoms with Gasteiger partial charge in [-0.15, -0.1) is 11.3 Å². The smallest absolute Gasteiger partial charge is 0.112 e. The summed E-state index contributed by atoms with van der Waals surface area (Å²) in [6, 6.07) is 4.04.